The topological polar surface area (TPSA) is 55.6 Å². The molecule has 0 saturated carbocycles. The third-order valence-electron chi connectivity index (χ3n) is 4.71. The number of nitrogens with zero attached hydrogens (tertiary/aromatic N) is 2. The predicted molar refractivity (Wildman–Crippen MR) is 95.1 cm³/mol. The Morgan fingerprint density at radius 1 is 1.15 bits per heavy atom. The zero-order valence-electron chi connectivity index (χ0n) is 14.2. The van der Waals surface area contributed by atoms with Crippen molar-refractivity contribution in [1.82, 2.24) is 4.98 Å². The van der Waals surface area contributed by atoms with Crippen LogP contribution in [0.5, 0.6) is 0 Å². The predicted octanol–water partition coefficient (Wildman–Crippen LogP) is 3.93. The van der Waals surface area contributed by atoms with Crippen LogP contribution in [0.4, 0.5) is 10.4 Å². The van der Waals surface area contributed by atoms with E-state index in [0.717, 1.165) is 11.1 Å². The summed E-state index contributed by atoms with van der Waals surface area (Å²) in [6, 6.07) is 14.5. The van der Waals surface area contributed by atoms with Gasteiger partial charge in [-0.3, -0.25) is 4.79 Å². The van der Waals surface area contributed by atoms with Crippen molar-refractivity contribution in [3.8, 4) is 0 Å². The molecular formula is C20H19FN2O3. The Kier molecular flexibility index (Phi) is 4.56. The molecule has 2 heterocycles. The monoisotopic (exact) mass is 354 g/mol. The first-order valence-corrected chi connectivity index (χ1v) is 8.71. The summed E-state index contributed by atoms with van der Waals surface area (Å²) in [7, 11) is 0. The molecule has 0 radical (unpaired) electrons. The Morgan fingerprint density at radius 3 is 2.65 bits per heavy atom. The van der Waals surface area contributed by atoms with Crippen LogP contribution >= 0.6 is 0 Å². The van der Waals surface area contributed by atoms with E-state index in [1.807, 2.05) is 29.2 Å². The lowest BCUT2D eigenvalue weighted by Crippen LogP contribution is -2.37. The van der Waals surface area contributed by atoms with E-state index in [0.29, 0.717) is 37.5 Å². The van der Waals surface area contributed by atoms with Gasteiger partial charge in [0.1, 0.15) is 17.9 Å². The molecule has 0 atom stereocenters. The van der Waals surface area contributed by atoms with Gasteiger partial charge in [0, 0.05) is 18.7 Å². The molecule has 26 heavy (non-hydrogen) atoms. The Hall–Kier alpha value is -2.89. The smallest absolute Gasteiger partial charge is 0.309 e. The third kappa shape index (κ3) is 3.40. The van der Waals surface area contributed by atoms with Gasteiger partial charge in [-0.2, -0.15) is 4.98 Å². The molecule has 0 spiro atoms. The second-order valence-corrected chi connectivity index (χ2v) is 6.42. The van der Waals surface area contributed by atoms with Crippen LogP contribution in [-0.4, -0.2) is 24.0 Å². The lowest BCUT2D eigenvalue weighted by Gasteiger charge is -2.29. The molecule has 0 N–H and O–H groups in total. The number of carbonyl (C=O) groups is 1. The summed E-state index contributed by atoms with van der Waals surface area (Å²) in [5.74, 6) is -0.807. The minimum Gasteiger partial charge on any atom is -0.460 e. The van der Waals surface area contributed by atoms with Crippen molar-refractivity contribution in [1.29, 1.82) is 0 Å². The number of fused-ring (bicyclic) bond motifs is 1. The number of piperidine rings is 1. The fourth-order valence-corrected chi connectivity index (χ4v) is 3.18. The molecule has 1 aromatic heterocycles. The van der Waals surface area contributed by atoms with Crippen LogP contribution in [0.15, 0.2) is 52.9 Å². The summed E-state index contributed by atoms with van der Waals surface area (Å²) in [6.07, 6.45) is 1.32. The number of oxazole rings is 1. The van der Waals surface area contributed by atoms with Crippen LogP contribution in [0.2, 0.25) is 0 Å². The molecule has 0 unspecified atom stereocenters. The second-order valence-electron chi connectivity index (χ2n) is 6.42. The molecule has 4 rings (SSSR count). The van der Waals surface area contributed by atoms with Crippen LogP contribution in [0.25, 0.3) is 11.1 Å². The molecule has 1 saturated heterocycles. The molecule has 134 valence electrons. The highest BCUT2D eigenvalue weighted by Gasteiger charge is 2.28. The average molecular weight is 354 g/mol. The van der Waals surface area contributed by atoms with E-state index in [1.54, 1.807) is 18.2 Å². The van der Waals surface area contributed by atoms with Gasteiger partial charge in [0.05, 0.1) is 5.92 Å². The quantitative estimate of drug-likeness (QED) is 0.665. The van der Waals surface area contributed by atoms with Gasteiger partial charge in [-0.1, -0.05) is 30.3 Å². The fourth-order valence-electron chi connectivity index (χ4n) is 3.18. The van der Waals surface area contributed by atoms with E-state index in [-0.39, 0.29) is 24.3 Å². The third-order valence-corrected chi connectivity index (χ3v) is 4.71. The van der Waals surface area contributed by atoms with Crippen molar-refractivity contribution in [2.24, 2.45) is 5.92 Å². The Balaban J connectivity index is 1.33. The average Bonchev–Trinajstić information content (AvgIpc) is 3.11. The molecule has 1 fully saturated rings. The Bertz CT molecular complexity index is 883. The summed E-state index contributed by atoms with van der Waals surface area (Å²) < 4.78 is 24.7. The summed E-state index contributed by atoms with van der Waals surface area (Å²) in [5, 5.41) is 0. The van der Waals surface area contributed by atoms with E-state index >= 15 is 0 Å². The maximum absolute atomic E-state index is 13.6. The van der Waals surface area contributed by atoms with E-state index in [4.69, 9.17) is 9.15 Å². The summed E-state index contributed by atoms with van der Waals surface area (Å²) in [6.45, 7) is 1.31. The molecule has 3 aromatic rings. The standard InChI is InChI=1S/C20H19FN2O3/c21-16-6-2-1-5-15(16)13-25-19(24)14-9-11-23(12-10-14)20-22-17-7-3-4-8-18(17)26-20/h1-8,14H,9-13H2. The fraction of sp³-hybridized carbons (Fsp3) is 0.300. The number of ether oxygens (including phenoxy) is 1. The zero-order valence-corrected chi connectivity index (χ0v) is 14.2. The van der Waals surface area contributed by atoms with Crippen molar-refractivity contribution in [3.05, 3.63) is 59.9 Å². The van der Waals surface area contributed by atoms with Crippen LogP contribution < -0.4 is 4.90 Å². The van der Waals surface area contributed by atoms with Crippen molar-refractivity contribution in [3.63, 3.8) is 0 Å². The van der Waals surface area contributed by atoms with E-state index < -0.39 is 0 Å². The van der Waals surface area contributed by atoms with Crippen molar-refractivity contribution >= 4 is 23.1 Å². The van der Waals surface area contributed by atoms with Crippen molar-refractivity contribution in [2.75, 3.05) is 18.0 Å². The number of anilines is 1. The summed E-state index contributed by atoms with van der Waals surface area (Å²) in [4.78, 5) is 18.8. The Morgan fingerprint density at radius 2 is 1.88 bits per heavy atom. The summed E-state index contributed by atoms with van der Waals surface area (Å²) in [5.41, 5.74) is 1.98. The van der Waals surface area contributed by atoms with Gasteiger partial charge in [0.15, 0.2) is 5.58 Å². The molecule has 1 aliphatic rings. The normalized spacial score (nSPS) is 15.3. The van der Waals surface area contributed by atoms with Crippen LogP contribution in [0.1, 0.15) is 18.4 Å². The number of hydrogen-bond acceptors (Lipinski definition) is 5. The number of esters is 1. The number of hydrogen-bond donors (Lipinski definition) is 0. The van der Waals surface area contributed by atoms with Crippen LogP contribution in [0.3, 0.4) is 0 Å². The number of benzene rings is 2. The highest BCUT2D eigenvalue weighted by atomic mass is 19.1. The SMILES string of the molecule is O=C(OCc1ccccc1F)C1CCN(c2nc3ccccc3o2)CC1. The molecule has 0 bridgehead atoms. The van der Waals surface area contributed by atoms with Gasteiger partial charge in [-0.25, -0.2) is 4.39 Å². The number of aromatic nitrogens is 1. The minimum atomic E-state index is -0.355. The number of halogens is 1. The lowest BCUT2D eigenvalue weighted by atomic mass is 9.97. The number of para-hydroxylation sites is 2. The molecule has 0 aliphatic carbocycles. The van der Waals surface area contributed by atoms with Crippen molar-refractivity contribution < 1.29 is 18.3 Å². The van der Waals surface area contributed by atoms with Crippen LogP contribution in [-0.2, 0) is 16.1 Å². The first-order valence-electron chi connectivity index (χ1n) is 8.71. The number of carbonyl (C=O) groups excluding carboxylic acids is 1. The first kappa shape index (κ1) is 16.6. The Labute approximate surface area is 150 Å². The molecule has 6 heteroatoms. The van der Waals surface area contributed by atoms with E-state index in [9.17, 15) is 9.18 Å². The first-order chi connectivity index (χ1) is 12.7. The van der Waals surface area contributed by atoms with Gasteiger partial charge < -0.3 is 14.1 Å². The minimum absolute atomic E-state index is 0.0309. The van der Waals surface area contributed by atoms with Gasteiger partial charge in [0.2, 0.25) is 0 Å². The molecular weight excluding hydrogens is 335 g/mol. The second kappa shape index (κ2) is 7.15. The zero-order chi connectivity index (χ0) is 17.9. The van der Waals surface area contributed by atoms with Gasteiger partial charge in [0.25, 0.3) is 6.01 Å². The molecule has 2 aromatic carbocycles. The van der Waals surface area contributed by atoms with Gasteiger partial charge >= 0.3 is 5.97 Å². The summed E-state index contributed by atoms with van der Waals surface area (Å²) >= 11 is 0. The molecule has 1 aliphatic heterocycles. The lowest BCUT2D eigenvalue weighted by molar-refractivity contribution is -0.150. The maximum Gasteiger partial charge on any atom is 0.309 e. The maximum atomic E-state index is 13.6. The van der Waals surface area contributed by atoms with E-state index in [2.05, 4.69) is 4.98 Å². The highest BCUT2D eigenvalue weighted by molar-refractivity contribution is 5.75. The van der Waals surface area contributed by atoms with Gasteiger partial charge in [-0.05, 0) is 31.0 Å². The number of rotatable bonds is 4. The van der Waals surface area contributed by atoms with E-state index in [1.165, 1.54) is 6.07 Å². The van der Waals surface area contributed by atoms with Crippen LogP contribution in [0, 0.1) is 11.7 Å². The van der Waals surface area contributed by atoms with Crippen molar-refractivity contribution in [2.45, 2.75) is 19.4 Å². The highest BCUT2D eigenvalue weighted by Crippen LogP contribution is 2.27. The largest absolute Gasteiger partial charge is 0.460 e. The van der Waals surface area contributed by atoms with Gasteiger partial charge in [-0.15, -0.1) is 0 Å². The molecule has 0 amide bonds. The molecule has 5 nitrogen and oxygen atoms in total.